The summed E-state index contributed by atoms with van der Waals surface area (Å²) in [6.07, 6.45) is 8.61. The molecule has 0 atom stereocenters. The van der Waals surface area contributed by atoms with Crippen molar-refractivity contribution in [3.8, 4) is 11.5 Å². The van der Waals surface area contributed by atoms with Crippen molar-refractivity contribution in [3.63, 3.8) is 0 Å². The van der Waals surface area contributed by atoms with Crippen LogP contribution in [0.4, 0.5) is 5.69 Å². The molecule has 0 amide bonds. The highest BCUT2D eigenvalue weighted by atomic mass is 16.4. The minimum Gasteiger partial charge on any atom is -0.420 e. The first-order valence-electron chi connectivity index (χ1n) is 9.42. The number of nitrogens with one attached hydrogen (secondary N) is 1. The van der Waals surface area contributed by atoms with E-state index in [4.69, 9.17) is 4.42 Å². The van der Waals surface area contributed by atoms with Gasteiger partial charge in [-0.05, 0) is 19.8 Å². The lowest BCUT2D eigenvalue weighted by atomic mass is 9.97. The Morgan fingerprint density at radius 3 is 2.62 bits per heavy atom. The smallest absolute Gasteiger partial charge is 0.251 e. The third-order valence-corrected chi connectivity index (χ3v) is 4.97. The highest BCUT2D eigenvalue weighted by Gasteiger charge is 2.25. The average Bonchev–Trinajstić information content (AvgIpc) is 3.34. The molecular formula is C19H26N6O. The van der Waals surface area contributed by atoms with E-state index in [-0.39, 0.29) is 5.41 Å². The fourth-order valence-corrected chi connectivity index (χ4v) is 3.49. The third-order valence-electron chi connectivity index (χ3n) is 4.97. The van der Waals surface area contributed by atoms with Crippen LogP contribution in [0.5, 0.6) is 0 Å². The number of anilines is 1. The molecule has 1 N–H and O–H groups in total. The van der Waals surface area contributed by atoms with Gasteiger partial charge >= 0.3 is 0 Å². The molecule has 0 aromatic carbocycles. The molecule has 0 radical (unpaired) electrons. The Hall–Kier alpha value is -2.44. The Balaban J connectivity index is 1.83. The van der Waals surface area contributed by atoms with Crippen LogP contribution >= 0.6 is 0 Å². The molecule has 0 bridgehead atoms. The molecule has 0 saturated heterocycles. The predicted molar refractivity (Wildman–Crippen MR) is 101 cm³/mol. The van der Waals surface area contributed by atoms with Gasteiger partial charge in [-0.3, -0.25) is 0 Å². The molecule has 4 rings (SSSR count). The maximum atomic E-state index is 5.99. The Morgan fingerprint density at radius 2 is 1.96 bits per heavy atom. The molecule has 3 heterocycles. The van der Waals surface area contributed by atoms with Crippen molar-refractivity contribution in [2.75, 3.05) is 5.32 Å². The minimum atomic E-state index is -0.186. The number of fused-ring (bicyclic) bond motifs is 1. The van der Waals surface area contributed by atoms with E-state index < -0.39 is 0 Å². The molecule has 1 aliphatic rings. The van der Waals surface area contributed by atoms with Crippen LogP contribution in [0.3, 0.4) is 0 Å². The van der Waals surface area contributed by atoms with E-state index in [1.807, 2.05) is 17.1 Å². The minimum absolute atomic E-state index is 0.186. The molecule has 3 aromatic heterocycles. The second kappa shape index (κ2) is 6.37. The van der Waals surface area contributed by atoms with Gasteiger partial charge in [0.2, 0.25) is 5.89 Å². The number of aryl methyl sites for hydroxylation is 1. The fraction of sp³-hybridized carbons (Fsp3) is 0.579. The van der Waals surface area contributed by atoms with Gasteiger partial charge in [-0.25, -0.2) is 9.67 Å². The van der Waals surface area contributed by atoms with Gasteiger partial charge < -0.3 is 9.73 Å². The number of pyridine rings is 1. The van der Waals surface area contributed by atoms with Crippen LogP contribution in [-0.2, 0) is 12.0 Å². The fourth-order valence-electron chi connectivity index (χ4n) is 3.49. The summed E-state index contributed by atoms with van der Waals surface area (Å²) in [6.45, 7) is 9.05. The molecular weight excluding hydrogens is 328 g/mol. The van der Waals surface area contributed by atoms with Crippen LogP contribution < -0.4 is 5.32 Å². The van der Waals surface area contributed by atoms with Gasteiger partial charge in [-0.1, -0.05) is 33.6 Å². The van der Waals surface area contributed by atoms with E-state index >= 15 is 0 Å². The zero-order valence-corrected chi connectivity index (χ0v) is 15.9. The molecule has 7 nitrogen and oxygen atoms in total. The van der Waals surface area contributed by atoms with Crippen molar-refractivity contribution >= 4 is 16.7 Å². The monoisotopic (exact) mass is 354 g/mol. The summed E-state index contributed by atoms with van der Waals surface area (Å²) >= 11 is 0. The zero-order chi connectivity index (χ0) is 18.3. The summed E-state index contributed by atoms with van der Waals surface area (Å²) in [7, 11) is 0. The second-order valence-electron chi connectivity index (χ2n) is 8.03. The van der Waals surface area contributed by atoms with Gasteiger partial charge in [-0.15, -0.1) is 10.2 Å². The van der Waals surface area contributed by atoms with Gasteiger partial charge in [0, 0.05) is 24.2 Å². The van der Waals surface area contributed by atoms with Crippen molar-refractivity contribution in [2.24, 2.45) is 0 Å². The lowest BCUT2D eigenvalue weighted by Crippen LogP contribution is -2.15. The van der Waals surface area contributed by atoms with Crippen molar-refractivity contribution in [2.45, 2.75) is 71.4 Å². The maximum Gasteiger partial charge on any atom is 0.251 e. The predicted octanol–water partition coefficient (Wildman–Crippen LogP) is 4.15. The highest BCUT2D eigenvalue weighted by molar-refractivity contribution is 5.96. The normalized spacial score (nSPS) is 15.8. The average molecular weight is 354 g/mol. The summed E-state index contributed by atoms with van der Waals surface area (Å²) in [5.74, 6) is 1.14. The van der Waals surface area contributed by atoms with E-state index in [0.29, 0.717) is 17.8 Å². The number of hydrogen-bond donors (Lipinski definition) is 1. The SMILES string of the molecule is CCn1ncc2c(NC3CCCC3)c(-c3nnc(C(C)(C)C)o3)cnc21. The van der Waals surface area contributed by atoms with E-state index in [9.17, 15) is 0 Å². The quantitative estimate of drug-likeness (QED) is 0.758. The van der Waals surface area contributed by atoms with Crippen LogP contribution in [0.2, 0.25) is 0 Å². The van der Waals surface area contributed by atoms with Gasteiger partial charge in [-0.2, -0.15) is 5.10 Å². The molecule has 0 unspecified atom stereocenters. The molecule has 0 spiro atoms. The van der Waals surface area contributed by atoms with Gasteiger partial charge in [0.1, 0.15) is 0 Å². The summed E-state index contributed by atoms with van der Waals surface area (Å²) in [5, 5.41) is 17.7. The molecule has 7 heteroatoms. The zero-order valence-electron chi connectivity index (χ0n) is 15.9. The highest BCUT2D eigenvalue weighted by Crippen LogP contribution is 2.36. The lowest BCUT2D eigenvalue weighted by Gasteiger charge is -2.17. The molecule has 1 aliphatic carbocycles. The second-order valence-corrected chi connectivity index (χ2v) is 8.03. The van der Waals surface area contributed by atoms with E-state index in [0.717, 1.165) is 28.8 Å². The first-order valence-corrected chi connectivity index (χ1v) is 9.42. The van der Waals surface area contributed by atoms with Crippen LogP contribution in [0.25, 0.3) is 22.5 Å². The van der Waals surface area contributed by atoms with Gasteiger partial charge in [0.15, 0.2) is 5.65 Å². The molecule has 1 saturated carbocycles. The largest absolute Gasteiger partial charge is 0.420 e. The molecule has 26 heavy (non-hydrogen) atoms. The van der Waals surface area contributed by atoms with E-state index in [2.05, 4.69) is 53.3 Å². The Labute approximate surface area is 153 Å². The number of rotatable bonds is 4. The van der Waals surface area contributed by atoms with Crippen molar-refractivity contribution < 1.29 is 4.42 Å². The summed E-state index contributed by atoms with van der Waals surface area (Å²) in [6, 6.07) is 0.467. The molecule has 138 valence electrons. The van der Waals surface area contributed by atoms with Gasteiger partial charge in [0.05, 0.1) is 22.8 Å². The number of nitrogens with zero attached hydrogens (tertiary/aromatic N) is 5. The summed E-state index contributed by atoms with van der Waals surface area (Å²) < 4.78 is 7.90. The van der Waals surface area contributed by atoms with Crippen LogP contribution in [0.15, 0.2) is 16.8 Å². The molecule has 3 aromatic rings. The van der Waals surface area contributed by atoms with Crippen molar-refractivity contribution in [1.29, 1.82) is 0 Å². The topological polar surface area (TPSA) is 81.7 Å². The molecule has 1 fully saturated rings. The van der Waals surface area contributed by atoms with Crippen LogP contribution in [0.1, 0.15) is 59.3 Å². The summed E-state index contributed by atoms with van der Waals surface area (Å²) in [5.41, 5.74) is 2.55. The standard InChI is InChI=1S/C19H26N6O/c1-5-25-16-13(11-21-25)15(22-12-8-6-7-9-12)14(10-20-16)17-23-24-18(26-17)19(2,3)4/h10-12H,5-9H2,1-4H3,(H,20,22). The maximum absolute atomic E-state index is 5.99. The first kappa shape index (κ1) is 17.0. The Kier molecular flexibility index (Phi) is 4.17. The van der Waals surface area contributed by atoms with Crippen LogP contribution in [0, 0.1) is 0 Å². The third kappa shape index (κ3) is 2.95. The van der Waals surface area contributed by atoms with Crippen molar-refractivity contribution in [3.05, 3.63) is 18.3 Å². The summed E-state index contributed by atoms with van der Waals surface area (Å²) in [4.78, 5) is 4.63. The van der Waals surface area contributed by atoms with E-state index in [1.54, 1.807) is 0 Å². The molecule has 0 aliphatic heterocycles. The Bertz CT molecular complexity index is 914. The lowest BCUT2D eigenvalue weighted by molar-refractivity contribution is 0.399. The van der Waals surface area contributed by atoms with Crippen LogP contribution in [-0.4, -0.2) is 31.0 Å². The number of aromatic nitrogens is 5. The first-order chi connectivity index (χ1) is 12.5. The number of hydrogen-bond acceptors (Lipinski definition) is 6. The van der Waals surface area contributed by atoms with Crippen molar-refractivity contribution in [1.82, 2.24) is 25.0 Å². The van der Waals surface area contributed by atoms with E-state index in [1.165, 1.54) is 25.7 Å². The van der Waals surface area contributed by atoms with Gasteiger partial charge in [0.25, 0.3) is 5.89 Å². The Morgan fingerprint density at radius 1 is 1.19 bits per heavy atom.